The van der Waals surface area contributed by atoms with E-state index in [0.29, 0.717) is 17.5 Å². The lowest BCUT2D eigenvalue weighted by Gasteiger charge is -2.21. The fourth-order valence-electron chi connectivity index (χ4n) is 5.10. The van der Waals surface area contributed by atoms with Gasteiger partial charge in [-0.25, -0.2) is 22.3 Å². The van der Waals surface area contributed by atoms with Crippen LogP contribution in [-0.4, -0.2) is 47.4 Å². The summed E-state index contributed by atoms with van der Waals surface area (Å²) in [5, 5.41) is 6.71. The van der Waals surface area contributed by atoms with Crippen LogP contribution < -0.4 is 15.7 Å². The molecule has 264 valence electrons. The van der Waals surface area contributed by atoms with Crippen molar-refractivity contribution in [2.24, 2.45) is 0 Å². The third-order valence-electron chi connectivity index (χ3n) is 7.26. The highest BCUT2D eigenvalue weighted by Gasteiger charge is 2.35. The van der Waals surface area contributed by atoms with E-state index in [0.717, 1.165) is 28.8 Å². The lowest BCUT2D eigenvalue weighted by atomic mass is 10.0. The Balaban J connectivity index is 1.77. The predicted octanol–water partition coefficient (Wildman–Crippen LogP) is 6.30. The first-order valence-corrected chi connectivity index (χ1v) is 17.1. The van der Waals surface area contributed by atoms with Gasteiger partial charge in [0.1, 0.15) is 18.2 Å². The molecule has 1 aromatic heterocycles. The molecule has 10 nitrogen and oxygen atoms in total. The number of rotatable bonds is 13. The standard InChI is InChI=1S/C34H39F4N5O5S/c1-6-8-13-30-40-43(28-19-24(39-31(44)21-48-7-2)16-17-26(28)34(36,37)38)32(45)42(30)20-23-15-14-22(18-27(23)35)25-11-9-10-12-29(25)49(46,47)41-33(3,4)5/h9-12,14-19,41H,6-8,13,20-21H2,1-5H3,(H,39,44). The minimum Gasteiger partial charge on any atom is -0.372 e. The molecule has 15 heteroatoms. The number of halogens is 4. The van der Waals surface area contributed by atoms with Gasteiger partial charge in [0.2, 0.25) is 15.9 Å². The molecule has 0 saturated heterocycles. The number of nitrogens with zero attached hydrogens (tertiary/aromatic N) is 3. The Hall–Kier alpha value is -4.34. The first-order chi connectivity index (χ1) is 22.9. The van der Waals surface area contributed by atoms with Crippen LogP contribution in [0.15, 0.2) is 70.4 Å². The lowest BCUT2D eigenvalue weighted by Crippen LogP contribution is -2.40. The van der Waals surface area contributed by atoms with Crippen molar-refractivity contribution >= 4 is 21.6 Å². The van der Waals surface area contributed by atoms with Crippen molar-refractivity contribution in [2.45, 2.75) is 77.0 Å². The summed E-state index contributed by atoms with van der Waals surface area (Å²) in [6.07, 6.45) is -3.42. The maximum absolute atomic E-state index is 15.7. The Labute approximate surface area is 282 Å². The summed E-state index contributed by atoms with van der Waals surface area (Å²) in [5.74, 6) is -1.22. The van der Waals surface area contributed by atoms with Gasteiger partial charge in [-0.2, -0.15) is 17.9 Å². The van der Waals surface area contributed by atoms with Crippen LogP contribution in [0.4, 0.5) is 23.2 Å². The van der Waals surface area contributed by atoms with E-state index in [1.54, 1.807) is 45.9 Å². The Bertz CT molecular complexity index is 1980. The van der Waals surface area contributed by atoms with Crippen molar-refractivity contribution in [1.29, 1.82) is 0 Å². The van der Waals surface area contributed by atoms with Crippen LogP contribution in [0.25, 0.3) is 16.8 Å². The zero-order chi connectivity index (χ0) is 36.1. The maximum Gasteiger partial charge on any atom is 0.418 e. The largest absolute Gasteiger partial charge is 0.418 e. The van der Waals surface area contributed by atoms with Crippen molar-refractivity contribution in [2.75, 3.05) is 18.5 Å². The second kappa shape index (κ2) is 15.0. The highest BCUT2D eigenvalue weighted by Crippen LogP contribution is 2.35. The number of carbonyl (C=O) groups is 1. The molecule has 0 fully saturated rings. The molecular formula is C34H39F4N5O5S. The van der Waals surface area contributed by atoms with E-state index in [2.05, 4.69) is 15.1 Å². The van der Waals surface area contributed by atoms with Crippen molar-refractivity contribution < 1.29 is 35.5 Å². The second-order valence-corrected chi connectivity index (χ2v) is 14.0. The number of hydrogen-bond acceptors (Lipinski definition) is 6. The normalized spacial score (nSPS) is 12.3. The number of anilines is 1. The molecule has 0 radical (unpaired) electrons. The third-order valence-corrected chi connectivity index (χ3v) is 9.07. The molecule has 0 bridgehead atoms. The van der Waals surface area contributed by atoms with E-state index in [9.17, 15) is 31.2 Å². The number of aromatic nitrogens is 3. The molecule has 0 aliphatic carbocycles. The lowest BCUT2D eigenvalue weighted by molar-refractivity contribution is -0.137. The zero-order valence-corrected chi connectivity index (χ0v) is 28.6. The summed E-state index contributed by atoms with van der Waals surface area (Å²) in [5.41, 5.74) is -2.93. The highest BCUT2D eigenvalue weighted by molar-refractivity contribution is 7.89. The molecule has 0 unspecified atom stereocenters. The Morgan fingerprint density at radius 3 is 2.35 bits per heavy atom. The van der Waals surface area contributed by atoms with E-state index in [1.165, 1.54) is 18.2 Å². The molecule has 0 aliphatic rings. The third kappa shape index (κ3) is 9.22. The van der Waals surface area contributed by atoms with Crippen LogP contribution in [-0.2, 0) is 38.7 Å². The van der Waals surface area contributed by atoms with Crippen molar-refractivity contribution in [1.82, 2.24) is 19.1 Å². The first-order valence-electron chi connectivity index (χ1n) is 15.6. The molecule has 4 rings (SSSR count). The number of aryl methyl sites for hydroxylation is 1. The fourth-order valence-corrected chi connectivity index (χ4v) is 6.75. The topological polar surface area (TPSA) is 124 Å². The van der Waals surface area contributed by atoms with Gasteiger partial charge in [-0.1, -0.05) is 43.7 Å². The summed E-state index contributed by atoms with van der Waals surface area (Å²) < 4.78 is 93.9. The number of hydrogen-bond donors (Lipinski definition) is 2. The second-order valence-electron chi connectivity index (χ2n) is 12.4. The molecule has 4 aromatic rings. The van der Waals surface area contributed by atoms with Gasteiger partial charge in [0.15, 0.2) is 0 Å². The van der Waals surface area contributed by atoms with Crippen LogP contribution in [0.2, 0.25) is 0 Å². The minimum absolute atomic E-state index is 0.00844. The van der Waals surface area contributed by atoms with Crippen LogP contribution in [0.5, 0.6) is 0 Å². The molecule has 3 aromatic carbocycles. The quantitative estimate of drug-likeness (QED) is 0.157. The first kappa shape index (κ1) is 37.5. The van der Waals surface area contributed by atoms with Gasteiger partial charge < -0.3 is 10.1 Å². The molecule has 2 N–H and O–H groups in total. The summed E-state index contributed by atoms with van der Waals surface area (Å²) in [4.78, 5) is 25.9. The maximum atomic E-state index is 15.7. The average molecular weight is 706 g/mol. The van der Waals surface area contributed by atoms with Crippen LogP contribution >= 0.6 is 0 Å². The molecule has 0 saturated carbocycles. The summed E-state index contributed by atoms with van der Waals surface area (Å²) >= 11 is 0. The van der Waals surface area contributed by atoms with Crippen LogP contribution in [0.3, 0.4) is 0 Å². The van der Waals surface area contributed by atoms with Gasteiger partial charge in [-0.05, 0) is 70.0 Å². The van der Waals surface area contributed by atoms with E-state index < -0.39 is 50.4 Å². The number of alkyl halides is 3. The molecule has 1 heterocycles. The monoisotopic (exact) mass is 705 g/mol. The Morgan fingerprint density at radius 1 is 1.00 bits per heavy atom. The number of unbranched alkanes of at least 4 members (excludes halogenated alkanes) is 1. The van der Waals surface area contributed by atoms with Crippen LogP contribution in [0, 0.1) is 5.82 Å². The van der Waals surface area contributed by atoms with E-state index in [1.807, 2.05) is 6.92 Å². The van der Waals surface area contributed by atoms with Crippen molar-refractivity contribution in [3.05, 3.63) is 93.9 Å². The minimum atomic E-state index is -4.87. The van der Waals surface area contributed by atoms with E-state index in [4.69, 9.17) is 4.74 Å². The number of carbonyl (C=O) groups excluding carboxylic acids is 1. The molecule has 0 spiro atoms. The summed E-state index contributed by atoms with van der Waals surface area (Å²) in [7, 11) is -3.98. The van der Waals surface area contributed by atoms with Gasteiger partial charge >= 0.3 is 11.9 Å². The molecular weight excluding hydrogens is 666 g/mol. The number of amides is 1. The smallest absolute Gasteiger partial charge is 0.372 e. The summed E-state index contributed by atoms with van der Waals surface area (Å²) in [6.45, 7) is 8.25. The van der Waals surface area contributed by atoms with Crippen molar-refractivity contribution in [3.63, 3.8) is 0 Å². The molecule has 1 amide bonds. The van der Waals surface area contributed by atoms with Crippen LogP contribution in [0.1, 0.15) is 64.4 Å². The average Bonchev–Trinajstić information content (AvgIpc) is 3.32. The van der Waals surface area contributed by atoms with Gasteiger partial charge in [-0.3, -0.25) is 9.36 Å². The number of nitrogens with one attached hydrogen (secondary N) is 2. The molecule has 49 heavy (non-hydrogen) atoms. The Morgan fingerprint density at radius 2 is 1.71 bits per heavy atom. The Kier molecular flexibility index (Phi) is 11.5. The van der Waals surface area contributed by atoms with Crippen molar-refractivity contribution in [3.8, 4) is 16.8 Å². The van der Waals surface area contributed by atoms with Gasteiger partial charge in [0.25, 0.3) is 0 Å². The fraction of sp³-hybridized carbons (Fsp3) is 0.382. The van der Waals surface area contributed by atoms with Gasteiger partial charge in [0.05, 0.1) is 22.7 Å². The number of sulfonamides is 1. The summed E-state index contributed by atoms with van der Waals surface area (Å²) in [6, 6.07) is 13.0. The number of benzene rings is 3. The van der Waals surface area contributed by atoms with E-state index >= 15 is 4.39 Å². The predicted molar refractivity (Wildman–Crippen MR) is 178 cm³/mol. The highest BCUT2D eigenvalue weighted by atomic mass is 32.2. The molecule has 0 aliphatic heterocycles. The SMILES string of the molecule is CCCCc1nn(-c2cc(NC(=O)COCC)ccc2C(F)(F)F)c(=O)n1Cc1ccc(-c2ccccc2S(=O)(=O)NC(C)(C)C)cc1F. The van der Waals surface area contributed by atoms with E-state index in [-0.39, 0.29) is 59.3 Å². The molecule has 0 atom stereocenters. The zero-order valence-electron chi connectivity index (χ0n) is 27.8. The van der Waals surface area contributed by atoms with Gasteiger partial charge in [-0.15, -0.1) is 5.10 Å². The van der Waals surface area contributed by atoms with Gasteiger partial charge in [0, 0.05) is 35.4 Å². The number of ether oxygens (including phenoxy) is 1.